The van der Waals surface area contributed by atoms with Gasteiger partial charge in [-0.05, 0) is 44.4 Å². The van der Waals surface area contributed by atoms with Crippen LogP contribution < -0.4 is 5.32 Å². The smallest absolute Gasteiger partial charge is 0.251 e. The second-order valence-electron chi connectivity index (χ2n) is 4.91. The SMILES string of the molecule is CC1(NC(=O)c2cccc(C#CCO)c2)CCC1. The second-order valence-corrected chi connectivity index (χ2v) is 4.91. The number of aliphatic hydroxyl groups is 1. The average molecular weight is 243 g/mol. The standard InChI is InChI=1S/C15H17NO2/c1-15(8-4-9-15)16-14(18)13-7-2-5-12(11-13)6-3-10-17/h2,5,7,11,17H,4,8-10H2,1H3,(H,16,18). The molecule has 2 rings (SSSR count). The fourth-order valence-corrected chi connectivity index (χ4v) is 2.06. The van der Waals surface area contributed by atoms with Crippen LogP contribution in [0.25, 0.3) is 0 Å². The summed E-state index contributed by atoms with van der Waals surface area (Å²) >= 11 is 0. The molecule has 1 aromatic carbocycles. The molecule has 0 saturated heterocycles. The van der Waals surface area contributed by atoms with Gasteiger partial charge in [-0.2, -0.15) is 0 Å². The van der Waals surface area contributed by atoms with Gasteiger partial charge < -0.3 is 10.4 Å². The fraction of sp³-hybridized carbons (Fsp3) is 0.400. The molecule has 0 radical (unpaired) electrons. The molecule has 94 valence electrons. The molecule has 3 nitrogen and oxygen atoms in total. The van der Waals surface area contributed by atoms with Crippen LogP contribution in [0, 0.1) is 11.8 Å². The van der Waals surface area contributed by atoms with Gasteiger partial charge in [0.1, 0.15) is 6.61 Å². The van der Waals surface area contributed by atoms with Crippen LogP contribution in [0.15, 0.2) is 24.3 Å². The highest BCUT2D eigenvalue weighted by molar-refractivity contribution is 5.95. The van der Waals surface area contributed by atoms with Gasteiger partial charge in [-0.3, -0.25) is 4.79 Å². The predicted molar refractivity (Wildman–Crippen MR) is 70.1 cm³/mol. The molecular weight excluding hydrogens is 226 g/mol. The van der Waals surface area contributed by atoms with Crippen molar-refractivity contribution in [2.45, 2.75) is 31.7 Å². The molecule has 1 saturated carbocycles. The average Bonchev–Trinajstić information content (AvgIpc) is 2.34. The highest BCUT2D eigenvalue weighted by Gasteiger charge is 2.33. The van der Waals surface area contributed by atoms with E-state index in [-0.39, 0.29) is 18.1 Å². The first-order valence-corrected chi connectivity index (χ1v) is 6.15. The molecule has 0 bridgehead atoms. The third-order valence-electron chi connectivity index (χ3n) is 3.31. The summed E-state index contributed by atoms with van der Waals surface area (Å²) in [5.41, 5.74) is 1.33. The van der Waals surface area contributed by atoms with Crippen molar-refractivity contribution in [3.05, 3.63) is 35.4 Å². The Morgan fingerprint density at radius 3 is 2.89 bits per heavy atom. The number of nitrogens with one attached hydrogen (secondary N) is 1. The van der Waals surface area contributed by atoms with E-state index in [0.717, 1.165) is 18.4 Å². The van der Waals surface area contributed by atoms with Gasteiger partial charge in [-0.25, -0.2) is 0 Å². The maximum atomic E-state index is 12.1. The summed E-state index contributed by atoms with van der Waals surface area (Å²) in [5.74, 6) is 5.32. The zero-order chi connectivity index (χ0) is 13.0. The van der Waals surface area contributed by atoms with Crippen molar-refractivity contribution in [1.29, 1.82) is 0 Å². The van der Waals surface area contributed by atoms with Gasteiger partial charge in [-0.1, -0.05) is 17.9 Å². The number of carbonyl (C=O) groups excluding carboxylic acids is 1. The summed E-state index contributed by atoms with van der Waals surface area (Å²) in [4.78, 5) is 12.1. The van der Waals surface area contributed by atoms with Crippen molar-refractivity contribution in [3.63, 3.8) is 0 Å². The fourth-order valence-electron chi connectivity index (χ4n) is 2.06. The summed E-state index contributed by atoms with van der Waals surface area (Å²) in [7, 11) is 0. The van der Waals surface area contributed by atoms with E-state index in [2.05, 4.69) is 24.1 Å². The van der Waals surface area contributed by atoms with Crippen LogP contribution in [0.2, 0.25) is 0 Å². The van der Waals surface area contributed by atoms with Gasteiger partial charge in [0.15, 0.2) is 0 Å². The number of benzene rings is 1. The van der Waals surface area contributed by atoms with E-state index in [4.69, 9.17) is 5.11 Å². The first kappa shape index (κ1) is 12.7. The lowest BCUT2D eigenvalue weighted by atomic mass is 9.78. The number of hydrogen-bond acceptors (Lipinski definition) is 2. The van der Waals surface area contributed by atoms with E-state index in [1.807, 2.05) is 6.07 Å². The molecule has 1 aliphatic rings. The Balaban J connectivity index is 2.10. The van der Waals surface area contributed by atoms with E-state index in [1.54, 1.807) is 18.2 Å². The summed E-state index contributed by atoms with van der Waals surface area (Å²) in [6.45, 7) is 1.90. The molecule has 1 amide bonds. The third kappa shape index (κ3) is 2.91. The number of aliphatic hydroxyl groups excluding tert-OH is 1. The lowest BCUT2D eigenvalue weighted by Crippen LogP contribution is -2.50. The molecule has 1 aliphatic carbocycles. The van der Waals surface area contributed by atoms with Crippen LogP contribution in [-0.2, 0) is 0 Å². The minimum atomic E-state index is -0.172. The second kappa shape index (κ2) is 5.24. The molecule has 0 heterocycles. The maximum Gasteiger partial charge on any atom is 0.251 e. The number of rotatable bonds is 2. The quantitative estimate of drug-likeness (QED) is 0.777. The predicted octanol–water partition coefficient (Wildman–Crippen LogP) is 1.70. The molecule has 0 atom stereocenters. The molecule has 0 aromatic heterocycles. The van der Waals surface area contributed by atoms with Gasteiger partial charge in [-0.15, -0.1) is 0 Å². The Bertz CT molecular complexity index is 507. The van der Waals surface area contributed by atoms with Crippen LogP contribution in [-0.4, -0.2) is 23.2 Å². The largest absolute Gasteiger partial charge is 0.384 e. The molecule has 0 aliphatic heterocycles. The molecule has 0 spiro atoms. The molecule has 1 fully saturated rings. The van der Waals surface area contributed by atoms with Gasteiger partial charge >= 0.3 is 0 Å². The van der Waals surface area contributed by atoms with Crippen molar-refractivity contribution < 1.29 is 9.90 Å². The van der Waals surface area contributed by atoms with Gasteiger partial charge in [0.25, 0.3) is 5.91 Å². The minimum Gasteiger partial charge on any atom is -0.384 e. The van der Waals surface area contributed by atoms with Gasteiger partial charge in [0, 0.05) is 16.7 Å². The lowest BCUT2D eigenvalue weighted by Gasteiger charge is -2.39. The summed E-state index contributed by atoms with van der Waals surface area (Å²) in [5, 5.41) is 11.7. The third-order valence-corrected chi connectivity index (χ3v) is 3.31. The van der Waals surface area contributed by atoms with Crippen LogP contribution in [0.1, 0.15) is 42.1 Å². The summed E-state index contributed by atoms with van der Waals surface area (Å²) < 4.78 is 0. The van der Waals surface area contributed by atoms with E-state index in [9.17, 15) is 4.79 Å². The molecule has 1 aromatic rings. The van der Waals surface area contributed by atoms with Crippen LogP contribution in [0.3, 0.4) is 0 Å². The van der Waals surface area contributed by atoms with Crippen LogP contribution in [0.4, 0.5) is 0 Å². The molecule has 2 N–H and O–H groups in total. The Morgan fingerprint density at radius 1 is 1.50 bits per heavy atom. The lowest BCUT2D eigenvalue weighted by molar-refractivity contribution is 0.0850. The van der Waals surface area contributed by atoms with Crippen LogP contribution in [0.5, 0.6) is 0 Å². The molecule has 3 heteroatoms. The number of carbonyl (C=O) groups is 1. The van der Waals surface area contributed by atoms with E-state index in [1.165, 1.54) is 6.42 Å². The number of hydrogen-bond donors (Lipinski definition) is 2. The van der Waals surface area contributed by atoms with E-state index < -0.39 is 0 Å². The zero-order valence-electron chi connectivity index (χ0n) is 10.5. The minimum absolute atomic E-state index is 0.0378. The van der Waals surface area contributed by atoms with Crippen molar-refractivity contribution >= 4 is 5.91 Å². The first-order valence-electron chi connectivity index (χ1n) is 6.15. The van der Waals surface area contributed by atoms with Crippen LogP contribution >= 0.6 is 0 Å². The Kier molecular flexibility index (Phi) is 3.69. The van der Waals surface area contributed by atoms with Crippen molar-refractivity contribution in [2.75, 3.05) is 6.61 Å². The Labute approximate surface area is 107 Å². The Morgan fingerprint density at radius 2 is 2.28 bits per heavy atom. The van der Waals surface area contributed by atoms with Gasteiger partial charge in [0.2, 0.25) is 0 Å². The normalized spacial score (nSPS) is 16.1. The molecule has 18 heavy (non-hydrogen) atoms. The highest BCUT2D eigenvalue weighted by Crippen LogP contribution is 2.31. The Hall–Kier alpha value is -1.79. The van der Waals surface area contributed by atoms with E-state index >= 15 is 0 Å². The molecular formula is C15H17NO2. The zero-order valence-corrected chi connectivity index (χ0v) is 10.5. The number of amides is 1. The molecule has 0 unspecified atom stereocenters. The first-order chi connectivity index (χ1) is 8.63. The van der Waals surface area contributed by atoms with Crippen molar-refractivity contribution in [3.8, 4) is 11.8 Å². The summed E-state index contributed by atoms with van der Waals surface area (Å²) in [6, 6.07) is 7.16. The van der Waals surface area contributed by atoms with Crippen molar-refractivity contribution in [1.82, 2.24) is 5.32 Å². The van der Waals surface area contributed by atoms with Gasteiger partial charge in [0.05, 0.1) is 0 Å². The highest BCUT2D eigenvalue weighted by atomic mass is 16.2. The topological polar surface area (TPSA) is 49.3 Å². The van der Waals surface area contributed by atoms with Crippen molar-refractivity contribution in [2.24, 2.45) is 0 Å². The monoisotopic (exact) mass is 243 g/mol. The maximum absolute atomic E-state index is 12.1. The van der Waals surface area contributed by atoms with E-state index in [0.29, 0.717) is 5.56 Å². The summed E-state index contributed by atoms with van der Waals surface area (Å²) in [6.07, 6.45) is 3.27.